The number of para-hydroxylation sites is 1. The zero-order chi connectivity index (χ0) is 18.5. The van der Waals surface area contributed by atoms with Gasteiger partial charge in [0.15, 0.2) is 0 Å². The van der Waals surface area contributed by atoms with Crippen LogP contribution in [0.15, 0.2) is 52.2 Å². The molecule has 1 fully saturated rings. The van der Waals surface area contributed by atoms with Crippen molar-refractivity contribution in [1.82, 2.24) is 19.5 Å². The quantitative estimate of drug-likeness (QED) is 0.541. The first-order valence-electron chi connectivity index (χ1n) is 8.83. The highest BCUT2D eigenvalue weighted by molar-refractivity contribution is 6.31. The zero-order valence-electron chi connectivity index (χ0n) is 14.3. The summed E-state index contributed by atoms with van der Waals surface area (Å²) in [6.45, 7) is 0. The highest BCUT2D eigenvalue weighted by atomic mass is 35.5. The lowest BCUT2D eigenvalue weighted by Gasteiger charge is -2.27. The van der Waals surface area contributed by atoms with Gasteiger partial charge in [-0.05, 0) is 31.0 Å². The van der Waals surface area contributed by atoms with Gasteiger partial charge in [0, 0.05) is 12.1 Å². The van der Waals surface area contributed by atoms with Crippen LogP contribution >= 0.6 is 11.6 Å². The summed E-state index contributed by atoms with van der Waals surface area (Å²) in [4.78, 5) is 38.3. The highest BCUT2D eigenvalue weighted by Gasteiger charge is 2.27. The van der Waals surface area contributed by atoms with Crippen LogP contribution in [-0.4, -0.2) is 19.5 Å². The summed E-state index contributed by atoms with van der Waals surface area (Å²) < 4.78 is 1.57. The number of aromatic amines is 1. The molecule has 1 aliphatic carbocycles. The number of fused-ring (bicyclic) bond motifs is 2. The molecule has 0 aliphatic heterocycles. The summed E-state index contributed by atoms with van der Waals surface area (Å²) in [6, 6.07) is 10.9. The molecule has 6 nitrogen and oxygen atoms in total. The van der Waals surface area contributed by atoms with Gasteiger partial charge in [-0.2, -0.15) is 0 Å². The molecular formula is C20H15ClN4O2. The average molecular weight is 379 g/mol. The molecule has 0 amide bonds. The molecule has 134 valence electrons. The smallest absolute Gasteiger partial charge is 0.271 e. The van der Waals surface area contributed by atoms with Gasteiger partial charge in [-0.1, -0.05) is 36.2 Å². The summed E-state index contributed by atoms with van der Waals surface area (Å²) in [5.41, 5.74) is 0.856. The van der Waals surface area contributed by atoms with Crippen molar-refractivity contribution in [2.75, 3.05) is 0 Å². The Morgan fingerprint density at radius 1 is 1.15 bits per heavy atom. The van der Waals surface area contributed by atoms with E-state index in [-0.39, 0.29) is 28.0 Å². The molecule has 3 aromatic heterocycles. The summed E-state index contributed by atoms with van der Waals surface area (Å²) in [5, 5.41) is 0.429. The number of hydrogen-bond donors (Lipinski definition) is 1. The molecule has 4 aromatic rings. The lowest BCUT2D eigenvalue weighted by Crippen LogP contribution is -2.31. The SMILES string of the molecule is O=c1c2ncc(Cl)cc2[nH]c2nc(C3CCC3)n(-c3ccccc3)c(=O)c12. The number of aromatic nitrogens is 4. The van der Waals surface area contributed by atoms with Crippen molar-refractivity contribution >= 4 is 33.7 Å². The van der Waals surface area contributed by atoms with Crippen molar-refractivity contribution < 1.29 is 0 Å². The lowest BCUT2D eigenvalue weighted by molar-refractivity contribution is 0.394. The molecule has 0 unspecified atom stereocenters. The predicted octanol–water partition coefficient (Wildman–Crippen LogP) is 3.54. The van der Waals surface area contributed by atoms with Crippen LogP contribution in [0.25, 0.3) is 27.8 Å². The van der Waals surface area contributed by atoms with E-state index in [0.29, 0.717) is 22.1 Å². The maximum absolute atomic E-state index is 13.4. The Hall–Kier alpha value is -2.99. The van der Waals surface area contributed by atoms with Crippen molar-refractivity contribution in [2.24, 2.45) is 0 Å². The molecule has 1 aliphatic rings. The van der Waals surface area contributed by atoms with Gasteiger partial charge in [0.05, 0.1) is 16.2 Å². The van der Waals surface area contributed by atoms with E-state index in [9.17, 15) is 9.59 Å². The van der Waals surface area contributed by atoms with Crippen LogP contribution in [0, 0.1) is 0 Å². The molecule has 0 saturated heterocycles. The largest absolute Gasteiger partial charge is 0.337 e. The van der Waals surface area contributed by atoms with Gasteiger partial charge in [-0.25, -0.2) is 9.97 Å². The van der Waals surface area contributed by atoms with E-state index in [1.54, 1.807) is 10.6 Å². The average Bonchev–Trinajstić information content (AvgIpc) is 2.60. The Labute approximate surface area is 158 Å². The summed E-state index contributed by atoms with van der Waals surface area (Å²) >= 11 is 6.00. The van der Waals surface area contributed by atoms with Crippen molar-refractivity contribution in [2.45, 2.75) is 25.2 Å². The minimum absolute atomic E-state index is 0.0178. The predicted molar refractivity (Wildman–Crippen MR) is 105 cm³/mol. The van der Waals surface area contributed by atoms with Crippen LogP contribution < -0.4 is 11.0 Å². The van der Waals surface area contributed by atoms with E-state index in [2.05, 4.69) is 9.97 Å². The minimum atomic E-state index is -0.433. The second-order valence-corrected chi connectivity index (χ2v) is 7.24. The van der Waals surface area contributed by atoms with Gasteiger partial charge in [-0.15, -0.1) is 0 Å². The van der Waals surface area contributed by atoms with Gasteiger partial charge in [0.2, 0.25) is 5.43 Å². The molecule has 1 saturated carbocycles. The fraction of sp³-hybridized carbons (Fsp3) is 0.200. The van der Waals surface area contributed by atoms with Crippen LogP contribution in [0.1, 0.15) is 31.0 Å². The van der Waals surface area contributed by atoms with E-state index < -0.39 is 5.43 Å². The minimum Gasteiger partial charge on any atom is -0.337 e. The number of hydrogen-bond acceptors (Lipinski definition) is 4. The van der Waals surface area contributed by atoms with E-state index in [1.807, 2.05) is 30.3 Å². The molecule has 27 heavy (non-hydrogen) atoms. The van der Waals surface area contributed by atoms with Gasteiger partial charge >= 0.3 is 0 Å². The molecule has 0 spiro atoms. The Kier molecular flexibility index (Phi) is 3.62. The first kappa shape index (κ1) is 16.2. The second kappa shape index (κ2) is 6.03. The highest BCUT2D eigenvalue weighted by Crippen LogP contribution is 2.36. The van der Waals surface area contributed by atoms with Gasteiger partial charge in [-0.3, -0.25) is 14.2 Å². The molecule has 0 radical (unpaired) electrons. The molecular weight excluding hydrogens is 364 g/mol. The fourth-order valence-electron chi connectivity index (χ4n) is 3.56. The third kappa shape index (κ3) is 2.48. The number of nitrogens with zero attached hydrogens (tertiary/aromatic N) is 3. The van der Waals surface area contributed by atoms with Gasteiger partial charge < -0.3 is 4.98 Å². The van der Waals surface area contributed by atoms with E-state index in [4.69, 9.17) is 16.6 Å². The van der Waals surface area contributed by atoms with E-state index >= 15 is 0 Å². The Morgan fingerprint density at radius 3 is 2.63 bits per heavy atom. The number of H-pyrrole nitrogens is 1. The summed E-state index contributed by atoms with van der Waals surface area (Å²) in [6.07, 6.45) is 4.48. The Bertz CT molecular complexity index is 1310. The maximum atomic E-state index is 13.4. The van der Waals surface area contributed by atoms with E-state index in [0.717, 1.165) is 19.3 Å². The standard InChI is InChI=1S/C20H15ClN4O2/c21-12-9-14-16(22-10-12)17(26)15-18(23-14)24-19(11-5-4-6-11)25(20(15)27)13-7-2-1-3-8-13/h1-3,7-11H,4-6H2,(H,23,26). The summed E-state index contributed by atoms with van der Waals surface area (Å²) in [7, 11) is 0. The van der Waals surface area contributed by atoms with E-state index in [1.165, 1.54) is 6.20 Å². The van der Waals surface area contributed by atoms with Gasteiger partial charge in [0.25, 0.3) is 5.56 Å². The number of nitrogens with one attached hydrogen (secondary N) is 1. The molecule has 0 bridgehead atoms. The number of pyridine rings is 2. The zero-order valence-corrected chi connectivity index (χ0v) is 15.0. The third-order valence-corrected chi connectivity index (χ3v) is 5.35. The fourth-order valence-corrected chi connectivity index (χ4v) is 3.72. The molecule has 1 N–H and O–H groups in total. The van der Waals surface area contributed by atoms with Crippen LogP contribution in [0.2, 0.25) is 5.02 Å². The molecule has 7 heteroatoms. The normalized spacial score (nSPS) is 14.6. The number of rotatable bonds is 2. The Morgan fingerprint density at radius 2 is 1.93 bits per heavy atom. The number of benzene rings is 1. The monoisotopic (exact) mass is 378 g/mol. The van der Waals surface area contributed by atoms with Crippen LogP contribution in [-0.2, 0) is 0 Å². The van der Waals surface area contributed by atoms with Gasteiger partial charge in [0.1, 0.15) is 22.4 Å². The first-order chi connectivity index (χ1) is 13.1. The molecule has 3 heterocycles. The second-order valence-electron chi connectivity index (χ2n) is 6.80. The molecule has 0 atom stereocenters. The molecule has 5 rings (SSSR count). The van der Waals surface area contributed by atoms with Crippen molar-refractivity contribution in [1.29, 1.82) is 0 Å². The Balaban J connectivity index is 1.93. The number of halogens is 1. The lowest BCUT2D eigenvalue weighted by atomic mass is 9.84. The van der Waals surface area contributed by atoms with Crippen molar-refractivity contribution in [3.05, 3.63) is 74.0 Å². The third-order valence-electron chi connectivity index (χ3n) is 5.14. The van der Waals surface area contributed by atoms with Crippen LogP contribution in [0.3, 0.4) is 0 Å². The van der Waals surface area contributed by atoms with Crippen molar-refractivity contribution in [3.63, 3.8) is 0 Å². The van der Waals surface area contributed by atoms with Crippen LogP contribution in [0.5, 0.6) is 0 Å². The molecule has 1 aromatic carbocycles. The van der Waals surface area contributed by atoms with Crippen molar-refractivity contribution in [3.8, 4) is 5.69 Å². The summed E-state index contributed by atoms with van der Waals surface area (Å²) in [5.74, 6) is 0.897. The topological polar surface area (TPSA) is 80.6 Å². The maximum Gasteiger partial charge on any atom is 0.271 e. The first-order valence-corrected chi connectivity index (χ1v) is 9.21. The van der Waals surface area contributed by atoms with Crippen LogP contribution in [0.4, 0.5) is 0 Å².